The number of rotatable bonds is 24. The highest BCUT2D eigenvalue weighted by Crippen LogP contribution is 2.45. The molecule has 2 fully saturated rings. The molecular formula is C19H29B43N2. The van der Waals surface area contributed by atoms with Crippen LogP contribution in [0.15, 0.2) is 18.2 Å². The SMILES string of the molecule is [B]B([B])B(B([B])[B])B(B([B])[B])B(B(B(B([B])[B])B([B])[B])B(B([B])[B])B([B])[B])B(B(B(B([B])[B])B([B])[B])B(B([B])[B])B([B])[B])C1CCC(C2CCC(Cc3cc(N)cc(N)c3)CC2)CC1. The average Bonchev–Trinajstić information content (AvgIpc) is 3.14. The monoisotopic (exact) mass is 759 g/mol. The molecule has 45 heteroatoms. The van der Waals surface area contributed by atoms with Crippen LogP contribution >= 0.6 is 0 Å². The van der Waals surface area contributed by atoms with Gasteiger partial charge >= 0.3 is 0 Å². The van der Waals surface area contributed by atoms with Crippen LogP contribution in [0.5, 0.6) is 0 Å². The highest BCUT2D eigenvalue weighted by molar-refractivity contribution is 8.30. The summed E-state index contributed by atoms with van der Waals surface area (Å²) in [6.45, 7) is -0.740. The highest BCUT2D eigenvalue weighted by atomic mass is 14.6. The van der Waals surface area contributed by atoms with Crippen LogP contribution in [0.4, 0.5) is 11.4 Å². The van der Waals surface area contributed by atoms with Crippen LogP contribution < -0.4 is 11.5 Å². The fourth-order valence-corrected chi connectivity index (χ4v) is 12.9. The van der Waals surface area contributed by atoms with Crippen LogP contribution in [0.25, 0.3) is 0 Å². The van der Waals surface area contributed by atoms with E-state index in [1.165, 1.54) is 0 Å². The maximum Gasteiger partial charge on any atom is 0.0491 e. The fraction of sp³-hybridized carbons (Fsp3) is 0.684. The van der Waals surface area contributed by atoms with E-state index >= 15 is 0 Å². The van der Waals surface area contributed by atoms with Crippen molar-refractivity contribution in [2.75, 3.05) is 11.5 Å². The van der Waals surface area contributed by atoms with Crippen molar-refractivity contribution in [1.29, 1.82) is 0 Å². The van der Waals surface area contributed by atoms with Gasteiger partial charge in [-0.25, -0.2) is 0 Å². The third-order valence-electron chi connectivity index (χ3n) is 15.4. The summed E-state index contributed by atoms with van der Waals surface area (Å²) in [7, 11) is 147. The average molecular weight is 750 g/mol. The summed E-state index contributed by atoms with van der Waals surface area (Å²) in [6.07, 6.45) is -13.7. The van der Waals surface area contributed by atoms with Gasteiger partial charge in [-0.05, 0) is 73.6 Å². The number of nitrogens with two attached hydrogens (primary N) is 2. The second-order valence-electron chi connectivity index (χ2n) is 19.8. The van der Waals surface area contributed by atoms with Crippen LogP contribution in [-0.4, -0.2) is 304 Å². The van der Waals surface area contributed by atoms with Crippen LogP contribution in [0.1, 0.15) is 56.9 Å². The first-order valence-electron chi connectivity index (χ1n) is 23.0. The number of hydrogen-bond acceptors (Lipinski definition) is 2. The van der Waals surface area contributed by atoms with E-state index in [1.54, 1.807) is 6.07 Å². The quantitative estimate of drug-likeness (QED) is 0.0817. The number of benzene rings is 1. The maximum atomic E-state index is 6.91. The van der Waals surface area contributed by atoms with Gasteiger partial charge in [-0.15, -0.1) is 0 Å². The standard InChI is InChI=1S/C19H29B43N2/c20-43(21)56(44(22)23)54(57(45(24)25)46(26)27)42(17-7-5-16(6-8-17)15-3-1-13(2-4-15)9-14-10-18(63)12-19(64)11-14)55(61(53(40)41)58(47(28)29)48(30)31)62(59(49(32)33)50(34)35)60(51(36)37)52(38)39/h10-13,15-17H,1-9,63-64H2. The van der Waals surface area contributed by atoms with Gasteiger partial charge in [0, 0.05) is 316 Å². The van der Waals surface area contributed by atoms with Gasteiger partial charge in [0.1, 0.15) is 0 Å². The molecule has 244 valence electrons. The Balaban J connectivity index is 2.37. The molecule has 64 heavy (non-hydrogen) atoms. The molecule has 2 nitrogen and oxygen atoms in total. The number of hydrogen-bond donors (Lipinski definition) is 2. The second-order valence-corrected chi connectivity index (χ2v) is 19.8. The van der Waals surface area contributed by atoms with Gasteiger partial charge < -0.3 is 11.5 Å². The van der Waals surface area contributed by atoms with E-state index < -0.39 is 134 Å². The largest absolute Gasteiger partial charge is 0.399 e. The van der Waals surface area contributed by atoms with Crippen LogP contribution in [-0.2, 0) is 6.42 Å². The van der Waals surface area contributed by atoms with Crippen molar-refractivity contribution in [2.45, 2.75) is 63.6 Å². The van der Waals surface area contributed by atoms with Crippen LogP contribution in [0, 0.1) is 17.8 Å². The summed E-state index contributed by atoms with van der Waals surface area (Å²) in [4.78, 5) is 0. The molecule has 0 aromatic heterocycles. The summed E-state index contributed by atoms with van der Waals surface area (Å²) in [5.74, 6) is 1.17. The first kappa shape index (κ1) is 59.9. The topological polar surface area (TPSA) is 52.0 Å². The van der Waals surface area contributed by atoms with Crippen LogP contribution in [0.2, 0.25) is 5.82 Å². The zero-order valence-electron chi connectivity index (χ0n) is 37.9. The van der Waals surface area contributed by atoms with E-state index in [9.17, 15) is 0 Å². The minimum atomic E-state index is -1.25. The van der Waals surface area contributed by atoms with Crippen molar-refractivity contribution >= 4 is 316 Å². The molecule has 0 unspecified atom stereocenters. The molecule has 0 aliphatic heterocycles. The van der Waals surface area contributed by atoms with Gasteiger partial charge in [0.05, 0.1) is 0 Å². The van der Waals surface area contributed by atoms with Crippen molar-refractivity contribution in [3.63, 3.8) is 0 Å². The summed E-state index contributed by atoms with van der Waals surface area (Å²) in [5, 5.41) is 0. The summed E-state index contributed by atoms with van der Waals surface area (Å²) >= 11 is 0. The Bertz CT molecular complexity index is 1380. The van der Waals surface area contributed by atoms with Gasteiger partial charge in [0.25, 0.3) is 0 Å². The maximum absolute atomic E-state index is 6.91. The van der Waals surface area contributed by atoms with Crippen LogP contribution in [0.3, 0.4) is 0 Å². The van der Waals surface area contributed by atoms with Crippen molar-refractivity contribution in [3.8, 4) is 0 Å². The van der Waals surface area contributed by atoms with E-state index in [4.69, 9.17) is 182 Å². The Morgan fingerprint density at radius 3 is 0.906 bits per heavy atom. The lowest BCUT2D eigenvalue weighted by Crippen LogP contribution is -2.92. The molecule has 3 rings (SSSR count). The minimum Gasteiger partial charge on any atom is -0.399 e. The van der Waals surface area contributed by atoms with Crippen molar-refractivity contribution < 1.29 is 0 Å². The van der Waals surface area contributed by atoms with E-state index in [0.717, 1.165) is 50.5 Å². The molecule has 0 bridgehead atoms. The first-order chi connectivity index (χ1) is 29.7. The van der Waals surface area contributed by atoms with Gasteiger partial charge in [0.15, 0.2) is 0 Å². The Hall–Kier alpha value is 1.61. The lowest BCUT2D eigenvalue weighted by atomic mass is 8.29. The molecule has 1 aromatic rings. The highest BCUT2D eigenvalue weighted by Gasteiger charge is 2.60. The smallest absolute Gasteiger partial charge is 0.0491 e. The Morgan fingerprint density at radius 1 is 0.328 bits per heavy atom. The third kappa shape index (κ3) is 15.8. The molecule has 44 radical (unpaired) electrons. The van der Waals surface area contributed by atoms with Crippen molar-refractivity contribution in [3.05, 3.63) is 23.8 Å². The molecule has 0 atom stereocenters. The molecular weight excluding hydrogens is 721 g/mol. The van der Waals surface area contributed by atoms with Gasteiger partial charge in [0.2, 0.25) is 0 Å². The number of nitrogen functional groups attached to an aromatic ring is 2. The molecule has 4 N–H and O–H groups in total. The Kier molecular flexibility index (Phi) is 25.7. The Morgan fingerprint density at radius 2 is 0.594 bits per heavy atom. The summed E-state index contributed by atoms with van der Waals surface area (Å²) in [5.41, 5.74) is 14.7. The van der Waals surface area contributed by atoms with Crippen molar-refractivity contribution in [1.82, 2.24) is 0 Å². The molecule has 2 aliphatic rings. The van der Waals surface area contributed by atoms with E-state index in [-0.39, 0.29) is 5.82 Å². The molecule has 2 aliphatic carbocycles. The third-order valence-corrected chi connectivity index (χ3v) is 15.4. The van der Waals surface area contributed by atoms with E-state index in [0.29, 0.717) is 42.0 Å². The van der Waals surface area contributed by atoms with E-state index in [2.05, 4.69) is 0 Å². The predicted octanol–water partition coefficient (Wildman–Crippen LogP) is -11.6. The molecule has 0 spiro atoms. The summed E-state index contributed by atoms with van der Waals surface area (Å²) < 4.78 is 0. The lowest BCUT2D eigenvalue weighted by molar-refractivity contribution is 0.167. The minimum absolute atomic E-state index is 0.253. The van der Waals surface area contributed by atoms with Gasteiger partial charge in [-0.2, -0.15) is 0 Å². The fourth-order valence-electron chi connectivity index (χ4n) is 12.9. The molecule has 1 aromatic carbocycles. The molecule has 0 heterocycles. The van der Waals surface area contributed by atoms with Gasteiger partial charge in [-0.1, -0.05) is 31.5 Å². The van der Waals surface area contributed by atoms with E-state index in [1.807, 2.05) is 12.1 Å². The summed E-state index contributed by atoms with van der Waals surface area (Å²) in [6, 6.07) is 5.79. The molecule has 2 saturated carbocycles. The number of anilines is 2. The predicted molar refractivity (Wildman–Crippen MR) is 338 cm³/mol. The zero-order chi connectivity index (χ0) is 48.7. The normalized spacial score (nSPS) is 17.8. The van der Waals surface area contributed by atoms with Crippen molar-refractivity contribution in [2.24, 2.45) is 17.8 Å². The molecule has 0 amide bonds. The first-order valence-corrected chi connectivity index (χ1v) is 23.0. The Labute approximate surface area is 429 Å². The lowest BCUT2D eigenvalue weighted by Gasteiger charge is -2.56. The zero-order valence-corrected chi connectivity index (χ0v) is 37.9. The molecule has 0 saturated heterocycles. The van der Waals surface area contributed by atoms with Gasteiger partial charge in [-0.3, -0.25) is 0 Å². The second kappa shape index (κ2) is 27.4.